The number of aromatic nitrogens is 2. The SMILES string of the molecule is CS[C@@H]1CCC[C@@H]1N(C)C(=O)Nc1c(C)nn(C(C)C)c1C. The minimum absolute atomic E-state index is 0.0274. The Kier molecular flexibility index (Phi) is 5.42. The molecule has 1 N–H and O–H groups in total. The van der Waals surface area contributed by atoms with Gasteiger partial charge in [-0.3, -0.25) is 4.68 Å². The Bertz CT molecular complexity index is 540. The van der Waals surface area contributed by atoms with Crippen LogP contribution in [0.1, 0.15) is 50.5 Å². The van der Waals surface area contributed by atoms with Crippen molar-refractivity contribution in [3.05, 3.63) is 11.4 Å². The Morgan fingerprint density at radius 1 is 1.41 bits per heavy atom. The van der Waals surface area contributed by atoms with Gasteiger partial charge in [0.25, 0.3) is 0 Å². The minimum Gasteiger partial charge on any atom is -0.323 e. The molecule has 6 heteroatoms. The number of rotatable bonds is 4. The predicted octanol–water partition coefficient (Wildman–Crippen LogP) is 3.83. The smallest absolute Gasteiger partial charge is 0.321 e. The van der Waals surface area contributed by atoms with Crippen molar-refractivity contribution in [2.75, 3.05) is 18.6 Å². The Balaban J connectivity index is 2.12. The van der Waals surface area contributed by atoms with E-state index in [4.69, 9.17) is 0 Å². The highest BCUT2D eigenvalue weighted by Gasteiger charge is 2.32. The quantitative estimate of drug-likeness (QED) is 0.916. The Morgan fingerprint density at radius 2 is 2.09 bits per heavy atom. The van der Waals surface area contributed by atoms with Crippen molar-refractivity contribution in [3.63, 3.8) is 0 Å². The van der Waals surface area contributed by atoms with Gasteiger partial charge in [-0.05, 0) is 46.8 Å². The van der Waals surface area contributed by atoms with Crippen LogP contribution < -0.4 is 5.32 Å². The van der Waals surface area contributed by atoms with Gasteiger partial charge in [-0.25, -0.2) is 4.79 Å². The lowest BCUT2D eigenvalue weighted by Crippen LogP contribution is -2.43. The zero-order chi connectivity index (χ0) is 16.4. The molecule has 5 nitrogen and oxygen atoms in total. The maximum Gasteiger partial charge on any atom is 0.321 e. The summed E-state index contributed by atoms with van der Waals surface area (Å²) < 4.78 is 1.96. The molecule has 2 rings (SSSR count). The zero-order valence-electron chi connectivity index (χ0n) is 14.5. The molecule has 0 aromatic carbocycles. The highest BCUT2D eigenvalue weighted by molar-refractivity contribution is 7.99. The molecule has 0 spiro atoms. The van der Waals surface area contributed by atoms with Gasteiger partial charge < -0.3 is 10.2 Å². The van der Waals surface area contributed by atoms with Crippen molar-refractivity contribution >= 4 is 23.5 Å². The van der Waals surface area contributed by atoms with Crippen LogP contribution in [-0.4, -0.2) is 45.3 Å². The van der Waals surface area contributed by atoms with E-state index in [1.807, 2.05) is 42.2 Å². The van der Waals surface area contributed by atoms with E-state index in [9.17, 15) is 4.79 Å². The first-order valence-electron chi connectivity index (χ1n) is 7.99. The van der Waals surface area contributed by atoms with E-state index in [0.29, 0.717) is 11.3 Å². The van der Waals surface area contributed by atoms with Crippen LogP contribution in [-0.2, 0) is 0 Å². The summed E-state index contributed by atoms with van der Waals surface area (Å²) in [6.45, 7) is 8.15. The van der Waals surface area contributed by atoms with Crippen LogP contribution in [0.15, 0.2) is 0 Å². The van der Waals surface area contributed by atoms with E-state index < -0.39 is 0 Å². The van der Waals surface area contributed by atoms with Gasteiger partial charge in [0.1, 0.15) is 0 Å². The third kappa shape index (κ3) is 3.26. The van der Waals surface area contributed by atoms with Gasteiger partial charge in [0.05, 0.1) is 17.1 Å². The Hall–Kier alpha value is -1.17. The predicted molar refractivity (Wildman–Crippen MR) is 93.8 cm³/mol. The van der Waals surface area contributed by atoms with Crippen molar-refractivity contribution in [1.82, 2.24) is 14.7 Å². The van der Waals surface area contributed by atoms with Gasteiger partial charge in [-0.2, -0.15) is 16.9 Å². The van der Waals surface area contributed by atoms with E-state index in [-0.39, 0.29) is 12.1 Å². The summed E-state index contributed by atoms with van der Waals surface area (Å²) >= 11 is 1.87. The van der Waals surface area contributed by atoms with Gasteiger partial charge in [0, 0.05) is 24.4 Å². The van der Waals surface area contributed by atoms with Gasteiger partial charge in [0.15, 0.2) is 0 Å². The van der Waals surface area contributed by atoms with E-state index in [2.05, 4.69) is 30.5 Å². The normalized spacial score (nSPS) is 21.4. The van der Waals surface area contributed by atoms with Crippen molar-refractivity contribution in [1.29, 1.82) is 0 Å². The molecule has 2 atom stereocenters. The summed E-state index contributed by atoms with van der Waals surface area (Å²) in [6, 6.07) is 0.592. The van der Waals surface area contributed by atoms with E-state index in [1.54, 1.807) is 0 Å². The molecule has 22 heavy (non-hydrogen) atoms. The van der Waals surface area contributed by atoms with Crippen LogP contribution in [0.25, 0.3) is 0 Å². The summed E-state index contributed by atoms with van der Waals surface area (Å²) in [5, 5.41) is 8.15. The summed E-state index contributed by atoms with van der Waals surface area (Å²) in [6.07, 6.45) is 5.64. The fourth-order valence-electron chi connectivity index (χ4n) is 3.32. The average Bonchev–Trinajstić information content (AvgIpc) is 3.05. The fourth-order valence-corrected chi connectivity index (χ4v) is 4.35. The Labute approximate surface area is 137 Å². The number of carbonyl (C=O) groups is 1. The molecule has 1 aliphatic rings. The molecule has 124 valence electrons. The molecule has 1 aliphatic carbocycles. The third-order valence-corrected chi connectivity index (χ3v) is 5.74. The second-order valence-electron chi connectivity index (χ2n) is 6.40. The second-order valence-corrected chi connectivity index (χ2v) is 7.47. The maximum absolute atomic E-state index is 12.6. The first-order valence-corrected chi connectivity index (χ1v) is 9.27. The Morgan fingerprint density at radius 3 is 2.64 bits per heavy atom. The van der Waals surface area contributed by atoms with Gasteiger partial charge in [-0.1, -0.05) is 6.42 Å². The number of nitrogens with zero attached hydrogens (tertiary/aromatic N) is 3. The molecule has 1 saturated carbocycles. The number of nitrogens with one attached hydrogen (secondary N) is 1. The molecular formula is C16H28N4OS. The molecule has 1 aromatic heterocycles. The average molecular weight is 324 g/mol. The fraction of sp³-hybridized carbons (Fsp3) is 0.750. The maximum atomic E-state index is 12.6. The lowest BCUT2D eigenvalue weighted by atomic mass is 10.2. The van der Waals surface area contributed by atoms with Crippen LogP contribution in [0, 0.1) is 13.8 Å². The number of hydrogen-bond acceptors (Lipinski definition) is 3. The second kappa shape index (κ2) is 6.94. The molecule has 0 radical (unpaired) electrons. The van der Waals surface area contributed by atoms with Crippen molar-refractivity contribution in [3.8, 4) is 0 Å². The molecule has 0 unspecified atom stereocenters. The molecule has 1 heterocycles. The van der Waals surface area contributed by atoms with Crippen molar-refractivity contribution < 1.29 is 4.79 Å². The lowest BCUT2D eigenvalue weighted by molar-refractivity contribution is 0.206. The lowest BCUT2D eigenvalue weighted by Gasteiger charge is -2.29. The summed E-state index contributed by atoms with van der Waals surface area (Å²) in [5.41, 5.74) is 2.74. The minimum atomic E-state index is -0.0274. The summed E-state index contributed by atoms with van der Waals surface area (Å²) in [4.78, 5) is 14.5. The highest BCUT2D eigenvalue weighted by atomic mass is 32.2. The van der Waals surface area contributed by atoms with Gasteiger partial charge in [-0.15, -0.1) is 0 Å². The number of hydrogen-bond donors (Lipinski definition) is 1. The molecular weight excluding hydrogens is 296 g/mol. The highest BCUT2D eigenvalue weighted by Crippen LogP contribution is 2.32. The van der Waals surface area contributed by atoms with Crippen LogP contribution >= 0.6 is 11.8 Å². The monoisotopic (exact) mass is 324 g/mol. The molecule has 2 amide bonds. The summed E-state index contributed by atoms with van der Waals surface area (Å²) in [5.74, 6) is 0. The third-order valence-electron chi connectivity index (χ3n) is 4.58. The number of carbonyl (C=O) groups excluding carboxylic acids is 1. The number of urea groups is 1. The van der Waals surface area contributed by atoms with Crippen LogP contribution in [0.4, 0.5) is 10.5 Å². The van der Waals surface area contributed by atoms with Gasteiger partial charge >= 0.3 is 6.03 Å². The van der Waals surface area contributed by atoms with Crippen molar-refractivity contribution in [2.45, 2.75) is 64.3 Å². The molecule has 1 aromatic rings. The summed E-state index contributed by atoms with van der Waals surface area (Å²) in [7, 11) is 1.91. The van der Waals surface area contributed by atoms with E-state index >= 15 is 0 Å². The molecule has 0 aliphatic heterocycles. The number of aryl methyl sites for hydroxylation is 1. The topological polar surface area (TPSA) is 50.2 Å². The largest absolute Gasteiger partial charge is 0.323 e. The zero-order valence-corrected chi connectivity index (χ0v) is 15.3. The number of thioether (sulfide) groups is 1. The van der Waals surface area contributed by atoms with E-state index in [1.165, 1.54) is 12.8 Å². The van der Waals surface area contributed by atoms with Crippen molar-refractivity contribution in [2.24, 2.45) is 0 Å². The van der Waals surface area contributed by atoms with Crippen LogP contribution in [0.5, 0.6) is 0 Å². The van der Waals surface area contributed by atoms with Crippen LogP contribution in [0.3, 0.4) is 0 Å². The number of amides is 2. The van der Waals surface area contributed by atoms with E-state index in [0.717, 1.165) is 23.5 Å². The molecule has 0 bridgehead atoms. The standard InChI is InChI=1S/C16H28N4OS/c1-10(2)20-12(4)15(11(3)18-20)17-16(21)19(5)13-8-7-9-14(13)22-6/h10,13-14H,7-9H2,1-6H3,(H,17,21)/t13-,14+/m0/s1. The first kappa shape index (κ1) is 17.2. The molecule has 1 fully saturated rings. The van der Waals surface area contributed by atoms with Crippen LogP contribution in [0.2, 0.25) is 0 Å². The van der Waals surface area contributed by atoms with Gasteiger partial charge in [0.2, 0.25) is 0 Å². The number of anilines is 1. The molecule has 0 saturated heterocycles. The first-order chi connectivity index (χ1) is 10.4.